The van der Waals surface area contributed by atoms with E-state index in [2.05, 4.69) is 20.3 Å². The number of ether oxygens (including phenoxy) is 1. The molecule has 0 unspecified atom stereocenters. The van der Waals surface area contributed by atoms with Crippen LogP contribution in [0.5, 0.6) is 5.75 Å². The van der Waals surface area contributed by atoms with E-state index in [1.807, 2.05) is 0 Å². The number of hydrogen-bond donors (Lipinski definition) is 1. The summed E-state index contributed by atoms with van der Waals surface area (Å²) in [5, 5.41) is 4.04. The highest BCUT2D eigenvalue weighted by atomic mass is 79.9. The van der Waals surface area contributed by atoms with Crippen LogP contribution in [-0.4, -0.2) is 25.2 Å². The Bertz CT molecular complexity index is 495. The molecule has 0 saturated heterocycles. The average Bonchev–Trinajstić information content (AvgIpc) is 2.69. The number of nitrogens with one attached hydrogen (secondary N) is 1. The molecule has 1 aromatic carbocycles. The Kier molecular flexibility index (Phi) is 7.89. The third kappa shape index (κ3) is 6.20. The number of rotatable bonds is 4. The monoisotopic (exact) mass is 360 g/mol. The van der Waals surface area contributed by atoms with E-state index in [0.29, 0.717) is 5.56 Å². The van der Waals surface area contributed by atoms with Crippen molar-refractivity contribution in [2.75, 3.05) is 6.54 Å². The normalized spacial score (nSPS) is 15.3. The summed E-state index contributed by atoms with van der Waals surface area (Å²) >= 11 is 0. The fraction of sp³-hybridized carbons (Fsp3) is 0.429. The van der Waals surface area contributed by atoms with Gasteiger partial charge in [0.1, 0.15) is 11.6 Å². The summed E-state index contributed by atoms with van der Waals surface area (Å²) in [7, 11) is 0. The average molecular weight is 361 g/mol. The van der Waals surface area contributed by atoms with Crippen molar-refractivity contribution in [3.8, 4) is 5.75 Å². The molecule has 21 heavy (non-hydrogen) atoms. The number of benzene rings is 1. The van der Waals surface area contributed by atoms with Crippen LogP contribution in [0.4, 0.5) is 8.78 Å². The van der Waals surface area contributed by atoms with Crippen molar-refractivity contribution >= 4 is 12.1 Å². The number of hydrazone groups is 1. The summed E-state index contributed by atoms with van der Waals surface area (Å²) < 4.78 is 28.9. The lowest BCUT2D eigenvalue weighted by Crippen LogP contribution is -3.00. The quantitative estimate of drug-likeness (QED) is 0.615. The van der Waals surface area contributed by atoms with Crippen molar-refractivity contribution in [3.05, 3.63) is 29.8 Å². The maximum absolute atomic E-state index is 12.3. The van der Waals surface area contributed by atoms with Gasteiger partial charge in [0.25, 0.3) is 0 Å². The largest absolute Gasteiger partial charge is 1.00 e. The minimum Gasteiger partial charge on any atom is -1.00 e. The van der Waals surface area contributed by atoms with Crippen molar-refractivity contribution in [1.29, 1.82) is 0 Å². The molecule has 1 aromatic rings. The molecule has 116 valence electrons. The van der Waals surface area contributed by atoms with E-state index in [0.717, 1.165) is 31.6 Å². The van der Waals surface area contributed by atoms with Gasteiger partial charge in [-0.1, -0.05) is 18.6 Å². The molecule has 0 radical (unpaired) electrons. The SMILES string of the molecule is FC(F)Oc1ccccc1/C=N/NC1=NCCCCC1.[Br-]. The number of halogens is 3. The molecule has 1 heterocycles. The van der Waals surface area contributed by atoms with Gasteiger partial charge in [-0.2, -0.15) is 13.9 Å². The molecule has 0 atom stereocenters. The third-order valence-electron chi connectivity index (χ3n) is 2.91. The second-order valence-electron chi connectivity index (χ2n) is 4.43. The number of aliphatic imine (C=N–C) groups is 1. The first-order valence-electron chi connectivity index (χ1n) is 6.62. The molecule has 0 aliphatic carbocycles. The number of para-hydroxylation sites is 1. The van der Waals surface area contributed by atoms with Gasteiger partial charge in [0, 0.05) is 18.5 Å². The number of amidine groups is 1. The Hall–Kier alpha value is -1.50. The fourth-order valence-electron chi connectivity index (χ4n) is 1.93. The summed E-state index contributed by atoms with van der Waals surface area (Å²) in [6.45, 7) is -2.04. The van der Waals surface area contributed by atoms with Crippen LogP contribution < -0.4 is 27.1 Å². The van der Waals surface area contributed by atoms with Crippen molar-refractivity contribution in [1.82, 2.24) is 5.43 Å². The van der Waals surface area contributed by atoms with Crippen molar-refractivity contribution in [2.45, 2.75) is 32.3 Å². The molecule has 2 rings (SSSR count). The van der Waals surface area contributed by atoms with Crippen molar-refractivity contribution in [2.24, 2.45) is 10.1 Å². The van der Waals surface area contributed by atoms with Gasteiger partial charge in [-0.15, -0.1) is 0 Å². The molecule has 0 fully saturated rings. The Balaban J connectivity index is 0.00000220. The second kappa shape index (κ2) is 9.44. The predicted molar refractivity (Wildman–Crippen MR) is 74.6 cm³/mol. The molecule has 1 N–H and O–H groups in total. The zero-order valence-electron chi connectivity index (χ0n) is 11.4. The Morgan fingerprint density at radius 2 is 2.05 bits per heavy atom. The van der Waals surface area contributed by atoms with Crippen LogP contribution in [0.1, 0.15) is 31.2 Å². The van der Waals surface area contributed by atoms with E-state index < -0.39 is 6.61 Å². The van der Waals surface area contributed by atoms with E-state index in [1.54, 1.807) is 18.2 Å². The van der Waals surface area contributed by atoms with Gasteiger partial charge in [0.05, 0.1) is 6.21 Å². The summed E-state index contributed by atoms with van der Waals surface area (Å²) in [6, 6.07) is 6.52. The zero-order chi connectivity index (χ0) is 14.2. The van der Waals surface area contributed by atoms with E-state index in [-0.39, 0.29) is 22.7 Å². The van der Waals surface area contributed by atoms with Crippen LogP contribution in [0.2, 0.25) is 0 Å². The van der Waals surface area contributed by atoms with Gasteiger partial charge in [-0.25, -0.2) is 0 Å². The maximum Gasteiger partial charge on any atom is 0.387 e. The standard InChI is InChI=1S/C14H17F2N3O.BrH/c15-14(16)20-12-7-4-3-6-11(12)10-18-19-13-8-2-1-5-9-17-13;/h3-4,6-7,10,14H,1-2,5,8-9H2,(H,17,19);1H/p-1/b18-10+;. The molecule has 1 aliphatic rings. The number of hydrogen-bond acceptors (Lipinski definition) is 4. The van der Waals surface area contributed by atoms with E-state index in [9.17, 15) is 8.78 Å². The fourth-order valence-corrected chi connectivity index (χ4v) is 1.93. The molecular formula is C14H17BrF2N3O-. The highest BCUT2D eigenvalue weighted by Gasteiger charge is 2.07. The van der Waals surface area contributed by atoms with Crippen LogP contribution in [0, 0.1) is 0 Å². The van der Waals surface area contributed by atoms with Crippen LogP contribution in [0.3, 0.4) is 0 Å². The van der Waals surface area contributed by atoms with Crippen LogP contribution in [-0.2, 0) is 0 Å². The van der Waals surface area contributed by atoms with Crippen LogP contribution in [0.15, 0.2) is 34.4 Å². The third-order valence-corrected chi connectivity index (χ3v) is 2.91. The van der Waals surface area contributed by atoms with Gasteiger partial charge < -0.3 is 21.7 Å². The minimum atomic E-state index is -2.84. The highest BCUT2D eigenvalue weighted by Crippen LogP contribution is 2.18. The van der Waals surface area contributed by atoms with Gasteiger partial charge in [-0.3, -0.25) is 10.4 Å². The molecule has 0 spiro atoms. The molecule has 7 heteroatoms. The summed E-state index contributed by atoms with van der Waals surface area (Å²) in [6.07, 6.45) is 5.69. The summed E-state index contributed by atoms with van der Waals surface area (Å²) in [5.41, 5.74) is 3.36. The Morgan fingerprint density at radius 3 is 2.86 bits per heavy atom. The van der Waals surface area contributed by atoms with Gasteiger partial charge in [0.15, 0.2) is 0 Å². The number of alkyl halides is 2. The molecule has 4 nitrogen and oxygen atoms in total. The van der Waals surface area contributed by atoms with Gasteiger partial charge in [0.2, 0.25) is 0 Å². The second-order valence-corrected chi connectivity index (χ2v) is 4.43. The first kappa shape index (κ1) is 17.6. The van der Waals surface area contributed by atoms with E-state index in [4.69, 9.17) is 0 Å². The van der Waals surface area contributed by atoms with Crippen LogP contribution >= 0.6 is 0 Å². The zero-order valence-corrected chi connectivity index (χ0v) is 13.0. The lowest BCUT2D eigenvalue weighted by Gasteiger charge is -2.07. The molecule has 0 amide bonds. The smallest absolute Gasteiger partial charge is 0.387 e. The van der Waals surface area contributed by atoms with Gasteiger partial charge >= 0.3 is 6.61 Å². The first-order valence-corrected chi connectivity index (χ1v) is 6.62. The predicted octanol–water partition coefficient (Wildman–Crippen LogP) is 0.188. The summed E-state index contributed by atoms with van der Waals surface area (Å²) in [4.78, 5) is 4.37. The van der Waals surface area contributed by atoms with E-state index in [1.165, 1.54) is 18.7 Å². The highest BCUT2D eigenvalue weighted by molar-refractivity contribution is 5.86. The van der Waals surface area contributed by atoms with E-state index >= 15 is 0 Å². The Labute approximate surface area is 133 Å². The molecule has 0 aromatic heterocycles. The molecule has 0 bridgehead atoms. The minimum absolute atomic E-state index is 0. The topological polar surface area (TPSA) is 46.0 Å². The van der Waals surface area contributed by atoms with Gasteiger partial charge in [-0.05, 0) is 25.0 Å². The molecule has 1 aliphatic heterocycles. The van der Waals surface area contributed by atoms with Crippen molar-refractivity contribution < 1.29 is 30.5 Å². The van der Waals surface area contributed by atoms with Crippen molar-refractivity contribution in [3.63, 3.8) is 0 Å². The first-order chi connectivity index (χ1) is 9.75. The Morgan fingerprint density at radius 1 is 1.24 bits per heavy atom. The molecular weight excluding hydrogens is 344 g/mol. The summed E-state index contributed by atoms with van der Waals surface area (Å²) in [5.74, 6) is 0.946. The maximum atomic E-state index is 12.3. The van der Waals surface area contributed by atoms with Crippen LogP contribution in [0.25, 0.3) is 0 Å². The molecule has 0 saturated carbocycles. The number of nitrogens with zero attached hydrogens (tertiary/aromatic N) is 2. The lowest BCUT2D eigenvalue weighted by molar-refractivity contribution is -0.0499. The lowest BCUT2D eigenvalue weighted by atomic mass is 10.2.